The molecule has 1 atom stereocenters. The van der Waals surface area contributed by atoms with Crippen molar-refractivity contribution in [3.8, 4) is 0 Å². The fourth-order valence-electron chi connectivity index (χ4n) is 3.01. The lowest BCUT2D eigenvalue weighted by atomic mass is 9.91. The second-order valence-corrected chi connectivity index (χ2v) is 6.59. The summed E-state index contributed by atoms with van der Waals surface area (Å²) in [7, 11) is 0. The van der Waals surface area contributed by atoms with Crippen LogP contribution in [-0.2, 0) is 0 Å². The highest BCUT2D eigenvalue weighted by atomic mass is 16.3. The first-order chi connectivity index (χ1) is 8.15. The third-order valence-corrected chi connectivity index (χ3v) is 4.39. The number of aliphatic hydroxyl groups excluding tert-OH is 1. The van der Waals surface area contributed by atoms with E-state index >= 15 is 0 Å². The monoisotopic (exact) mass is 239 g/mol. The van der Waals surface area contributed by atoms with Gasteiger partial charge >= 0.3 is 0 Å². The molecule has 0 aromatic carbocycles. The van der Waals surface area contributed by atoms with Crippen molar-refractivity contribution in [3.63, 3.8) is 0 Å². The minimum Gasteiger partial charge on any atom is -0.393 e. The predicted molar refractivity (Wildman–Crippen MR) is 72.0 cm³/mol. The van der Waals surface area contributed by atoms with Gasteiger partial charge in [-0.25, -0.2) is 0 Å². The minimum absolute atomic E-state index is 0.0249. The lowest BCUT2D eigenvalue weighted by Gasteiger charge is -2.31. The van der Waals surface area contributed by atoms with Crippen molar-refractivity contribution in [1.82, 2.24) is 5.32 Å². The highest BCUT2D eigenvalue weighted by molar-refractivity contribution is 4.89. The number of hydrogen-bond acceptors (Lipinski definition) is 2. The van der Waals surface area contributed by atoms with Gasteiger partial charge in [0, 0.05) is 12.1 Å². The molecule has 0 spiro atoms. The molecule has 2 fully saturated rings. The molecule has 2 rings (SSSR count). The van der Waals surface area contributed by atoms with Crippen LogP contribution in [0.5, 0.6) is 0 Å². The summed E-state index contributed by atoms with van der Waals surface area (Å²) in [4.78, 5) is 0. The summed E-state index contributed by atoms with van der Waals surface area (Å²) in [5.74, 6) is 1.78. The van der Waals surface area contributed by atoms with Gasteiger partial charge in [0.25, 0.3) is 0 Å². The first kappa shape index (κ1) is 13.4. The van der Waals surface area contributed by atoms with Gasteiger partial charge in [-0.05, 0) is 63.2 Å². The fraction of sp³-hybridized carbons (Fsp3) is 1.00. The molecule has 100 valence electrons. The Morgan fingerprint density at radius 3 is 2.18 bits per heavy atom. The highest BCUT2D eigenvalue weighted by Gasteiger charge is 2.32. The van der Waals surface area contributed by atoms with Gasteiger partial charge in [0.05, 0.1) is 6.10 Å². The molecule has 0 aromatic heterocycles. The maximum atomic E-state index is 9.53. The Balaban J connectivity index is 1.73. The van der Waals surface area contributed by atoms with E-state index in [-0.39, 0.29) is 6.10 Å². The van der Waals surface area contributed by atoms with Crippen LogP contribution in [0.2, 0.25) is 0 Å². The van der Waals surface area contributed by atoms with Gasteiger partial charge in [0.1, 0.15) is 0 Å². The van der Waals surface area contributed by atoms with Crippen LogP contribution in [0.3, 0.4) is 0 Å². The maximum absolute atomic E-state index is 9.53. The normalized spacial score (nSPS) is 31.8. The van der Waals surface area contributed by atoms with Gasteiger partial charge in [-0.2, -0.15) is 0 Å². The first-order valence-electron chi connectivity index (χ1n) is 7.59. The average molecular weight is 239 g/mol. The van der Waals surface area contributed by atoms with Crippen LogP contribution in [0.15, 0.2) is 0 Å². The zero-order chi connectivity index (χ0) is 12.3. The topological polar surface area (TPSA) is 32.3 Å². The van der Waals surface area contributed by atoms with Crippen LogP contribution in [-0.4, -0.2) is 23.3 Å². The molecule has 0 radical (unpaired) electrons. The molecule has 0 saturated heterocycles. The first-order valence-corrected chi connectivity index (χ1v) is 7.59. The summed E-state index contributed by atoms with van der Waals surface area (Å²) in [6.07, 6.45) is 9.89. The lowest BCUT2D eigenvalue weighted by Crippen LogP contribution is -2.42. The van der Waals surface area contributed by atoms with Crippen molar-refractivity contribution in [3.05, 3.63) is 0 Å². The van der Waals surface area contributed by atoms with E-state index in [0.717, 1.165) is 30.7 Å². The van der Waals surface area contributed by atoms with E-state index in [1.165, 1.54) is 38.5 Å². The van der Waals surface area contributed by atoms with Gasteiger partial charge < -0.3 is 10.4 Å². The summed E-state index contributed by atoms with van der Waals surface area (Å²) in [5, 5.41) is 13.4. The van der Waals surface area contributed by atoms with Crippen LogP contribution >= 0.6 is 0 Å². The second-order valence-electron chi connectivity index (χ2n) is 6.59. The molecule has 17 heavy (non-hydrogen) atoms. The van der Waals surface area contributed by atoms with E-state index < -0.39 is 0 Å². The molecule has 2 aliphatic rings. The summed E-state index contributed by atoms with van der Waals surface area (Å²) in [6, 6.07) is 1.44. The molecule has 0 aromatic rings. The van der Waals surface area contributed by atoms with Crippen molar-refractivity contribution in [2.45, 2.75) is 83.4 Å². The van der Waals surface area contributed by atoms with Crippen molar-refractivity contribution in [2.75, 3.05) is 0 Å². The van der Waals surface area contributed by atoms with E-state index in [1.54, 1.807) is 0 Å². The predicted octanol–water partition coefficient (Wildman–Crippen LogP) is 3.09. The van der Waals surface area contributed by atoms with E-state index in [1.807, 2.05) is 0 Å². The molecule has 2 N–H and O–H groups in total. The Morgan fingerprint density at radius 2 is 1.65 bits per heavy atom. The SMILES string of the molecule is CC(C)CCC(NC1CCC(O)CC1)C1CC1. The van der Waals surface area contributed by atoms with Crippen LogP contribution < -0.4 is 5.32 Å². The zero-order valence-electron chi connectivity index (χ0n) is 11.5. The van der Waals surface area contributed by atoms with Crippen molar-refractivity contribution < 1.29 is 5.11 Å². The van der Waals surface area contributed by atoms with Gasteiger partial charge in [-0.1, -0.05) is 13.8 Å². The summed E-state index contributed by atoms with van der Waals surface area (Å²) >= 11 is 0. The maximum Gasteiger partial charge on any atom is 0.0541 e. The highest BCUT2D eigenvalue weighted by Crippen LogP contribution is 2.36. The summed E-state index contributed by atoms with van der Waals surface area (Å²) in [6.45, 7) is 4.64. The minimum atomic E-state index is -0.0249. The van der Waals surface area contributed by atoms with E-state index in [2.05, 4.69) is 19.2 Å². The van der Waals surface area contributed by atoms with Gasteiger partial charge in [-0.3, -0.25) is 0 Å². The van der Waals surface area contributed by atoms with Gasteiger partial charge in [-0.15, -0.1) is 0 Å². The Bertz CT molecular complexity index is 217. The number of hydrogen-bond donors (Lipinski definition) is 2. The molecular formula is C15H29NO. The molecule has 1 unspecified atom stereocenters. The Labute approximate surface area is 106 Å². The smallest absolute Gasteiger partial charge is 0.0541 e. The number of rotatable bonds is 6. The molecular weight excluding hydrogens is 210 g/mol. The van der Waals surface area contributed by atoms with Crippen LogP contribution in [0, 0.1) is 11.8 Å². The van der Waals surface area contributed by atoms with Crippen molar-refractivity contribution >= 4 is 0 Å². The molecule has 0 bridgehead atoms. The van der Waals surface area contributed by atoms with Crippen molar-refractivity contribution in [1.29, 1.82) is 0 Å². The van der Waals surface area contributed by atoms with Gasteiger partial charge in [0.15, 0.2) is 0 Å². The number of aliphatic hydroxyl groups is 1. The Kier molecular flexibility index (Phi) is 4.87. The Morgan fingerprint density at radius 1 is 1.00 bits per heavy atom. The van der Waals surface area contributed by atoms with Crippen LogP contribution in [0.4, 0.5) is 0 Å². The summed E-state index contributed by atoms with van der Waals surface area (Å²) in [5.41, 5.74) is 0. The molecule has 2 heteroatoms. The average Bonchev–Trinajstić information content (AvgIpc) is 3.10. The standard InChI is InChI=1S/C15H29NO/c1-11(2)3-10-15(12-4-5-12)16-13-6-8-14(17)9-7-13/h11-17H,3-10H2,1-2H3. The quantitative estimate of drug-likeness (QED) is 0.746. The third-order valence-electron chi connectivity index (χ3n) is 4.39. The lowest BCUT2D eigenvalue weighted by molar-refractivity contribution is 0.112. The van der Waals surface area contributed by atoms with Crippen LogP contribution in [0.25, 0.3) is 0 Å². The van der Waals surface area contributed by atoms with Crippen LogP contribution in [0.1, 0.15) is 65.2 Å². The van der Waals surface area contributed by atoms with Crippen molar-refractivity contribution in [2.24, 2.45) is 11.8 Å². The molecule has 2 saturated carbocycles. The second kappa shape index (κ2) is 6.19. The fourth-order valence-corrected chi connectivity index (χ4v) is 3.01. The summed E-state index contributed by atoms with van der Waals surface area (Å²) < 4.78 is 0. The van der Waals surface area contributed by atoms with E-state index in [9.17, 15) is 5.11 Å². The van der Waals surface area contributed by atoms with E-state index in [0.29, 0.717) is 6.04 Å². The largest absolute Gasteiger partial charge is 0.393 e. The molecule has 2 aliphatic carbocycles. The third kappa shape index (κ3) is 4.59. The Hall–Kier alpha value is -0.0800. The molecule has 2 nitrogen and oxygen atoms in total. The van der Waals surface area contributed by atoms with E-state index in [4.69, 9.17) is 0 Å². The molecule has 0 heterocycles. The zero-order valence-corrected chi connectivity index (χ0v) is 11.5. The molecule has 0 aliphatic heterocycles. The molecule has 0 amide bonds. The van der Waals surface area contributed by atoms with Gasteiger partial charge in [0.2, 0.25) is 0 Å². The number of nitrogens with one attached hydrogen (secondary N) is 1.